The number of rotatable bonds is 6. The van der Waals surface area contributed by atoms with Crippen LogP contribution in [0.1, 0.15) is 54.3 Å². The Hall–Kier alpha value is -2.61. The predicted molar refractivity (Wildman–Crippen MR) is 104 cm³/mol. The van der Waals surface area contributed by atoms with Crippen LogP contribution in [0.3, 0.4) is 0 Å². The minimum atomic E-state index is -0.0802. The average Bonchev–Trinajstić information content (AvgIpc) is 3.22. The molecule has 1 aliphatic heterocycles. The fraction of sp³-hybridized carbons (Fsp3) is 0.381. The number of hydrazine groups is 1. The molecule has 1 saturated heterocycles. The molecule has 144 valence electrons. The van der Waals surface area contributed by atoms with E-state index in [0.29, 0.717) is 6.54 Å². The van der Waals surface area contributed by atoms with Crippen molar-refractivity contribution in [1.82, 2.24) is 30.6 Å². The lowest BCUT2D eigenvalue weighted by atomic mass is 9.95. The molecule has 28 heavy (non-hydrogen) atoms. The summed E-state index contributed by atoms with van der Waals surface area (Å²) in [6.07, 6.45) is 4.77. The fourth-order valence-electron chi connectivity index (χ4n) is 4.10. The highest BCUT2D eigenvalue weighted by atomic mass is 16.3. The molecule has 7 heteroatoms. The third kappa shape index (κ3) is 3.01. The first kappa shape index (κ1) is 17.5. The molecule has 5 rings (SSSR count). The molecule has 0 amide bonds. The van der Waals surface area contributed by atoms with Crippen molar-refractivity contribution in [2.75, 3.05) is 6.61 Å². The number of nitrogens with one attached hydrogen (secondary N) is 2. The van der Waals surface area contributed by atoms with Crippen molar-refractivity contribution >= 4 is 0 Å². The molecule has 7 nitrogen and oxygen atoms in total. The highest BCUT2D eigenvalue weighted by Crippen LogP contribution is 2.52. The van der Waals surface area contributed by atoms with Gasteiger partial charge >= 0.3 is 0 Å². The summed E-state index contributed by atoms with van der Waals surface area (Å²) in [7, 11) is 0. The SMILES string of the molecule is OCCn1nc(C2(c3ccccc3)CC2)nc1C1CC(c2ccccn2)NN1. The van der Waals surface area contributed by atoms with Gasteiger partial charge in [-0.15, -0.1) is 0 Å². The number of nitrogens with zero attached hydrogens (tertiary/aromatic N) is 4. The van der Waals surface area contributed by atoms with Gasteiger partial charge in [0.1, 0.15) is 5.82 Å². The van der Waals surface area contributed by atoms with Crippen LogP contribution in [0.5, 0.6) is 0 Å². The predicted octanol–water partition coefficient (Wildman–Crippen LogP) is 2.03. The van der Waals surface area contributed by atoms with E-state index >= 15 is 0 Å². The molecule has 0 radical (unpaired) electrons. The maximum atomic E-state index is 9.53. The zero-order valence-electron chi connectivity index (χ0n) is 15.6. The van der Waals surface area contributed by atoms with Gasteiger partial charge in [-0.2, -0.15) is 5.10 Å². The summed E-state index contributed by atoms with van der Waals surface area (Å²) < 4.78 is 1.86. The molecule has 2 aromatic heterocycles. The van der Waals surface area contributed by atoms with Gasteiger partial charge in [0, 0.05) is 6.20 Å². The maximum Gasteiger partial charge on any atom is 0.161 e. The standard InChI is InChI=1S/C21H24N6O/c28-13-12-27-19(18-14-17(24-25-18)16-8-4-5-11-22-16)23-20(26-27)21(9-10-21)15-6-2-1-3-7-15/h1-8,11,17-18,24-25,28H,9-10,12-14H2. The molecule has 3 N–H and O–H groups in total. The second-order valence-electron chi connectivity index (χ2n) is 7.57. The van der Waals surface area contributed by atoms with E-state index in [-0.39, 0.29) is 24.1 Å². The lowest BCUT2D eigenvalue weighted by Gasteiger charge is -2.11. The van der Waals surface area contributed by atoms with E-state index in [1.807, 2.05) is 35.1 Å². The number of hydrogen-bond acceptors (Lipinski definition) is 6. The molecule has 2 fully saturated rings. The Kier molecular flexibility index (Phi) is 4.43. The Morgan fingerprint density at radius 1 is 1.04 bits per heavy atom. The minimum absolute atomic E-state index is 0.0198. The lowest BCUT2D eigenvalue weighted by molar-refractivity contribution is 0.264. The number of aliphatic hydroxyl groups excluding tert-OH is 1. The summed E-state index contributed by atoms with van der Waals surface area (Å²) >= 11 is 0. The van der Waals surface area contributed by atoms with Crippen LogP contribution in [-0.2, 0) is 12.0 Å². The molecular formula is C21H24N6O. The zero-order chi connectivity index (χ0) is 19.0. The summed E-state index contributed by atoms with van der Waals surface area (Å²) in [6.45, 7) is 0.484. The molecule has 3 aromatic rings. The molecule has 1 saturated carbocycles. The van der Waals surface area contributed by atoms with Crippen molar-refractivity contribution in [2.45, 2.75) is 43.3 Å². The van der Waals surface area contributed by atoms with E-state index in [9.17, 15) is 5.11 Å². The Morgan fingerprint density at radius 3 is 2.54 bits per heavy atom. The molecule has 0 bridgehead atoms. The summed E-state index contributed by atoms with van der Waals surface area (Å²) in [4.78, 5) is 9.42. The van der Waals surface area contributed by atoms with Crippen LogP contribution in [0.25, 0.3) is 0 Å². The van der Waals surface area contributed by atoms with Crippen LogP contribution < -0.4 is 10.9 Å². The van der Waals surface area contributed by atoms with E-state index < -0.39 is 0 Å². The van der Waals surface area contributed by atoms with Crippen LogP contribution >= 0.6 is 0 Å². The van der Waals surface area contributed by atoms with Gasteiger partial charge in [-0.05, 0) is 37.0 Å². The first-order valence-corrected chi connectivity index (χ1v) is 9.84. The summed E-state index contributed by atoms with van der Waals surface area (Å²) in [5, 5.41) is 14.3. The Morgan fingerprint density at radius 2 is 1.82 bits per heavy atom. The van der Waals surface area contributed by atoms with Gasteiger partial charge in [0.05, 0.1) is 36.3 Å². The Bertz CT molecular complexity index is 938. The second kappa shape index (κ2) is 7.09. The molecule has 3 heterocycles. The maximum absolute atomic E-state index is 9.53. The molecule has 0 spiro atoms. The highest BCUT2D eigenvalue weighted by Gasteiger charge is 2.50. The summed E-state index contributed by atoms with van der Waals surface area (Å²) in [5.74, 6) is 1.74. The van der Waals surface area contributed by atoms with Gasteiger partial charge in [-0.25, -0.2) is 20.5 Å². The van der Waals surface area contributed by atoms with Crippen molar-refractivity contribution in [3.8, 4) is 0 Å². The van der Waals surface area contributed by atoms with Crippen molar-refractivity contribution in [1.29, 1.82) is 0 Å². The third-order valence-electron chi connectivity index (χ3n) is 5.78. The van der Waals surface area contributed by atoms with Gasteiger partial charge in [-0.3, -0.25) is 4.98 Å². The lowest BCUT2D eigenvalue weighted by Crippen LogP contribution is -2.28. The van der Waals surface area contributed by atoms with Crippen molar-refractivity contribution in [2.24, 2.45) is 0 Å². The molecule has 2 unspecified atom stereocenters. The van der Waals surface area contributed by atoms with Crippen LogP contribution in [0.2, 0.25) is 0 Å². The number of pyridine rings is 1. The first-order valence-electron chi connectivity index (χ1n) is 9.84. The number of aromatic nitrogens is 4. The van der Waals surface area contributed by atoms with Gasteiger partial charge in [0.2, 0.25) is 0 Å². The van der Waals surface area contributed by atoms with Crippen molar-refractivity contribution < 1.29 is 5.11 Å². The molecule has 1 aliphatic carbocycles. The van der Waals surface area contributed by atoms with E-state index in [1.54, 1.807) is 0 Å². The van der Waals surface area contributed by atoms with Crippen molar-refractivity contribution in [3.05, 3.63) is 77.6 Å². The van der Waals surface area contributed by atoms with E-state index in [0.717, 1.165) is 36.6 Å². The molecule has 2 atom stereocenters. The monoisotopic (exact) mass is 376 g/mol. The van der Waals surface area contributed by atoms with E-state index in [4.69, 9.17) is 10.1 Å². The number of aliphatic hydroxyl groups is 1. The zero-order valence-corrected chi connectivity index (χ0v) is 15.6. The summed E-state index contributed by atoms with van der Waals surface area (Å²) in [6, 6.07) is 16.6. The van der Waals surface area contributed by atoms with Crippen LogP contribution in [-0.4, -0.2) is 31.5 Å². The highest BCUT2D eigenvalue weighted by molar-refractivity contribution is 5.39. The van der Waals surface area contributed by atoms with Gasteiger partial charge in [0.15, 0.2) is 5.82 Å². The summed E-state index contributed by atoms with van der Waals surface area (Å²) in [5.41, 5.74) is 8.88. The van der Waals surface area contributed by atoms with Crippen LogP contribution in [0.4, 0.5) is 0 Å². The Balaban J connectivity index is 1.44. The van der Waals surface area contributed by atoms with E-state index in [2.05, 4.69) is 40.1 Å². The number of hydrogen-bond donors (Lipinski definition) is 3. The largest absolute Gasteiger partial charge is 0.394 e. The van der Waals surface area contributed by atoms with E-state index in [1.165, 1.54) is 5.56 Å². The van der Waals surface area contributed by atoms with Gasteiger partial charge < -0.3 is 5.11 Å². The first-order chi connectivity index (χ1) is 13.8. The molecular weight excluding hydrogens is 352 g/mol. The Labute approximate surface area is 163 Å². The van der Waals surface area contributed by atoms with Crippen LogP contribution in [0, 0.1) is 0 Å². The third-order valence-corrected chi connectivity index (χ3v) is 5.78. The molecule has 2 aliphatic rings. The van der Waals surface area contributed by atoms with Gasteiger partial charge in [0.25, 0.3) is 0 Å². The molecule has 1 aromatic carbocycles. The van der Waals surface area contributed by atoms with Crippen LogP contribution in [0.15, 0.2) is 54.7 Å². The minimum Gasteiger partial charge on any atom is -0.394 e. The topological polar surface area (TPSA) is 87.9 Å². The smallest absolute Gasteiger partial charge is 0.161 e. The van der Waals surface area contributed by atoms with Crippen molar-refractivity contribution in [3.63, 3.8) is 0 Å². The van der Waals surface area contributed by atoms with Gasteiger partial charge in [-0.1, -0.05) is 36.4 Å². The quantitative estimate of drug-likeness (QED) is 0.610. The second-order valence-corrected chi connectivity index (χ2v) is 7.57. The normalized spacial score (nSPS) is 23.0. The number of benzene rings is 1. The average molecular weight is 376 g/mol. The fourth-order valence-corrected chi connectivity index (χ4v) is 4.10.